The van der Waals surface area contributed by atoms with Crippen LogP contribution in [0.1, 0.15) is 12.8 Å². The fraction of sp³-hybridized carbons (Fsp3) is 1.00. The van der Waals surface area contributed by atoms with Gasteiger partial charge in [0.15, 0.2) is 6.10 Å². The molecule has 66 valence electrons. The summed E-state index contributed by atoms with van der Waals surface area (Å²) in [6, 6.07) is 0. The van der Waals surface area contributed by atoms with E-state index in [0.717, 1.165) is 0 Å². The molecule has 1 fully saturated rings. The van der Waals surface area contributed by atoms with Crippen LogP contribution in [0.15, 0.2) is 0 Å². The lowest BCUT2D eigenvalue weighted by Gasteiger charge is -2.19. The lowest BCUT2D eigenvalue weighted by Crippen LogP contribution is -2.39. The predicted molar refractivity (Wildman–Crippen MR) is 31.0 cm³/mol. The lowest BCUT2D eigenvalue weighted by molar-refractivity contribution is -0.230. The predicted octanol–water partition coefficient (Wildman–Crippen LogP) is 1.09. The molecule has 1 aliphatic heterocycles. The fourth-order valence-corrected chi connectivity index (χ4v) is 1.06. The van der Waals surface area contributed by atoms with E-state index < -0.39 is 18.4 Å². The molecule has 2 unspecified atom stereocenters. The lowest BCUT2D eigenvalue weighted by atomic mass is 10.1. The van der Waals surface area contributed by atoms with Crippen molar-refractivity contribution in [2.45, 2.75) is 31.2 Å². The van der Waals surface area contributed by atoms with Crippen LogP contribution in [0, 0.1) is 0 Å². The van der Waals surface area contributed by atoms with E-state index in [0.29, 0.717) is 19.4 Å². The van der Waals surface area contributed by atoms with Crippen LogP contribution in [0.2, 0.25) is 0 Å². The molecule has 0 amide bonds. The summed E-state index contributed by atoms with van der Waals surface area (Å²) in [5, 5.41) is 8.64. The second kappa shape index (κ2) is 2.98. The van der Waals surface area contributed by atoms with Gasteiger partial charge in [-0.15, -0.1) is 0 Å². The van der Waals surface area contributed by atoms with Gasteiger partial charge in [0.1, 0.15) is 0 Å². The average Bonchev–Trinajstić information content (AvgIpc) is 2.34. The number of hydrogen-bond acceptors (Lipinski definition) is 2. The smallest absolute Gasteiger partial charge is 0.381 e. The molecule has 0 aromatic rings. The van der Waals surface area contributed by atoms with Crippen molar-refractivity contribution in [2.75, 3.05) is 6.61 Å². The summed E-state index contributed by atoms with van der Waals surface area (Å²) in [6.45, 7) is 0.317. The van der Waals surface area contributed by atoms with Crippen molar-refractivity contribution in [3.8, 4) is 0 Å². The number of alkyl halides is 3. The zero-order valence-electron chi connectivity index (χ0n) is 5.77. The zero-order valence-corrected chi connectivity index (χ0v) is 5.77. The number of halogens is 3. The normalized spacial score (nSPS) is 28.9. The Hall–Kier alpha value is -0.290. The van der Waals surface area contributed by atoms with Crippen LogP contribution in [0.25, 0.3) is 0 Å². The Bertz CT molecular complexity index is 128. The first-order valence-electron chi connectivity index (χ1n) is 3.38. The SMILES string of the molecule is OC(C1CCCO1)C(F)(F)F. The molecule has 0 spiro atoms. The van der Waals surface area contributed by atoms with Crippen LogP contribution < -0.4 is 0 Å². The van der Waals surface area contributed by atoms with Gasteiger partial charge in [0.2, 0.25) is 0 Å². The van der Waals surface area contributed by atoms with E-state index in [1.54, 1.807) is 0 Å². The number of aliphatic hydroxyl groups excluding tert-OH is 1. The molecule has 1 aliphatic rings. The van der Waals surface area contributed by atoms with E-state index >= 15 is 0 Å². The molecule has 1 rings (SSSR count). The third-order valence-corrected chi connectivity index (χ3v) is 1.65. The molecule has 0 bridgehead atoms. The molecule has 5 heteroatoms. The van der Waals surface area contributed by atoms with Gasteiger partial charge < -0.3 is 9.84 Å². The molecule has 1 heterocycles. The minimum absolute atomic E-state index is 0.292. The highest BCUT2D eigenvalue weighted by Crippen LogP contribution is 2.28. The van der Waals surface area contributed by atoms with Crippen molar-refractivity contribution < 1.29 is 23.0 Å². The maximum absolute atomic E-state index is 11.8. The quantitative estimate of drug-likeness (QED) is 0.638. The summed E-state index contributed by atoms with van der Waals surface area (Å²) in [5.41, 5.74) is 0. The highest BCUT2D eigenvalue weighted by molar-refractivity contribution is 4.78. The maximum Gasteiger partial charge on any atom is 0.416 e. The Kier molecular flexibility index (Phi) is 2.39. The number of aliphatic hydroxyl groups is 1. The Morgan fingerprint density at radius 3 is 2.45 bits per heavy atom. The van der Waals surface area contributed by atoms with Crippen LogP contribution in [-0.4, -0.2) is 30.1 Å². The van der Waals surface area contributed by atoms with Gasteiger partial charge in [-0.25, -0.2) is 0 Å². The number of hydrogen-bond donors (Lipinski definition) is 1. The Morgan fingerprint density at radius 1 is 1.45 bits per heavy atom. The van der Waals surface area contributed by atoms with Crippen LogP contribution in [0.4, 0.5) is 13.2 Å². The molecule has 0 saturated carbocycles. The molecule has 11 heavy (non-hydrogen) atoms. The van der Waals surface area contributed by atoms with Crippen molar-refractivity contribution in [3.05, 3.63) is 0 Å². The second-order valence-electron chi connectivity index (χ2n) is 2.54. The van der Waals surface area contributed by atoms with Crippen LogP contribution >= 0.6 is 0 Å². The Labute approximate surface area is 62.0 Å². The van der Waals surface area contributed by atoms with Crippen molar-refractivity contribution in [2.24, 2.45) is 0 Å². The van der Waals surface area contributed by atoms with E-state index in [9.17, 15) is 13.2 Å². The van der Waals surface area contributed by atoms with Crippen LogP contribution in [-0.2, 0) is 4.74 Å². The summed E-state index contributed by atoms with van der Waals surface area (Å²) in [6.07, 6.45) is -7.02. The molecule has 0 aromatic heterocycles. The van der Waals surface area contributed by atoms with Crippen molar-refractivity contribution in [3.63, 3.8) is 0 Å². The van der Waals surface area contributed by atoms with Crippen molar-refractivity contribution in [1.29, 1.82) is 0 Å². The number of rotatable bonds is 1. The molecule has 2 nitrogen and oxygen atoms in total. The molecule has 1 N–H and O–H groups in total. The topological polar surface area (TPSA) is 29.5 Å². The monoisotopic (exact) mass is 170 g/mol. The molecular weight excluding hydrogens is 161 g/mol. The first-order chi connectivity index (χ1) is 5.02. The highest BCUT2D eigenvalue weighted by atomic mass is 19.4. The third kappa shape index (κ3) is 2.07. The first-order valence-corrected chi connectivity index (χ1v) is 3.38. The highest BCUT2D eigenvalue weighted by Gasteiger charge is 2.45. The van der Waals surface area contributed by atoms with Gasteiger partial charge in [-0.2, -0.15) is 13.2 Å². The maximum atomic E-state index is 11.8. The number of ether oxygens (including phenoxy) is 1. The van der Waals surface area contributed by atoms with E-state index in [4.69, 9.17) is 5.11 Å². The summed E-state index contributed by atoms with van der Waals surface area (Å²) in [5.74, 6) is 0. The second-order valence-corrected chi connectivity index (χ2v) is 2.54. The first kappa shape index (κ1) is 8.80. The van der Waals surface area contributed by atoms with E-state index in [1.807, 2.05) is 0 Å². The molecular formula is C6H9F3O2. The zero-order chi connectivity index (χ0) is 8.48. The summed E-state index contributed by atoms with van der Waals surface area (Å²) < 4.78 is 40.0. The van der Waals surface area contributed by atoms with Crippen molar-refractivity contribution >= 4 is 0 Å². The summed E-state index contributed by atoms with van der Waals surface area (Å²) in [4.78, 5) is 0. The molecule has 0 aromatic carbocycles. The molecule has 1 saturated heterocycles. The molecule has 0 aliphatic carbocycles. The minimum atomic E-state index is -4.55. The van der Waals surface area contributed by atoms with Gasteiger partial charge in [0.05, 0.1) is 6.10 Å². The summed E-state index contributed by atoms with van der Waals surface area (Å²) in [7, 11) is 0. The molecule has 2 atom stereocenters. The van der Waals surface area contributed by atoms with E-state index in [-0.39, 0.29) is 0 Å². The average molecular weight is 170 g/mol. The van der Waals surface area contributed by atoms with Gasteiger partial charge in [-0.1, -0.05) is 0 Å². The third-order valence-electron chi connectivity index (χ3n) is 1.65. The van der Waals surface area contributed by atoms with Crippen molar-refractivity contribution in [1.82, 2.24) is 0 Å². The van der Waals surface area contributed by atoms with Crippen LogP contribution in [0.5, 0.6) is 0 Å². The minimum Gasteiger partial charge on any atom is -0.381 e. The largest absolute Gasteiger partial charge is 0.416 e. The Balaban J connectivity index is 2.46. The van der Waals surface area contributed by atoms with Crippen LogP contribution in [0.3, 0.4) is 0 Å². The van der Waals surface area contributed by atoms with E-state index in [1.165, 1.54) is 0 Å². The van der Waals surface area contributed by atoms with Gasteiger partial charge in [0, 0.05) is 6.61 Å². The van der Waals surface area contributed by atoms with E-state index in [2.05, 4.69) is 4.74 Å². The van der Waals surface area contributed by atoms with Gasteiger partial charge in [-0.05, 0) is 12.8 Å². The summed E-state index contributed by atoms with van der Waals surface area (Å²) >= 11 is 0. The standard InChI is InChI=1S/C6H9F3O2/c7-6(8,9)5(10)4-2-1-3-11-4/h4-5,10H,1-3H2. The Morgan fingerprint density at radius 2 is 2.09 bits per heavy atom. The van der Waals surface area contributed by atoms with Gasteiger partial charge in [-0.3, -0.25) is 0 Å². The fourth-order valence-electron chi connectivity index (χ4n) is 1.06. The van der Waals surface area contributed by atoms with Gasteiger partial charge >= 0.3 is 6.18 Å². The van der Waals surface area contributed by atoms with Gasteiger partial charge in [0.25, 0.3) is 0 Å². The molecule has 0 radical (unpaired) electrons.